The number of hydrogen-bond acceptors (Lipinski definition) is 6. The number of fused-ring (bicyclic) bond motifs is 1. The van der Waals surface area contributed by atoms with Gasteiger partial charge in [-0.3, -0.25) is 4.79 Å². The molecule has 0 saturated carbocycles. The van der Waals surface area contributed by atoms with Crippen molar-refractivity contribution in [1.82, 2.24) is 9.55 Å². The highest BCUT2D eigenvalue weighted by atomic mass is 35.5. The Morgan fingerprint density at radius 2 is 2.08 bits per heavy atom. The molecule has 0 N–H and O–H groups in total. The Morgan fingerprint density at radius 1 is 1.22 bits per heavy atom. The van der Waals surface area contributed by atoms with Crippen LogP contribution >= 0.6 is 23.2 Å². The summed E-state index contributed by atoms with van der Waals surface area (Å²) in [5, 5.41) is 0.981. The molecule has 2 aliphatic rings. The Kier molecular flexibility index (Phi) is 7.62. The third-order valence-electron chi connectivity index (χ3n) is 6.57. The Balaban J connectivity index is 1.29. The summed E-state index contributed by atoms with van der Waals surface area (Å²) < 4.78 is 26.6. The number of imidazole rings is 1. The first-order valence-corrected chi connectivity index (χ1v) is 13.1. The van der Waals surface area contributed by atoms with Gasteiger partial charge in [0.25, 0.3) is 5.91 Å². The van der Waals surface area contributed by atoms with Crippen LogP contribution in [0.2, 0.25) is 10.0 Å². The van der Waals surface area contributed by atoms with Crippen molar-refractivity contribution >= 4 is 34.8 Å². The van der Waals surface area contributed by atoms with E-state index in [0.717, 1.165) is 12.8 Å². The van der Waals surface area contributed by atoms with Gasteiger partial charge in [0.15, 0.2) is 6.10 Å². The minimum atomic E-state index is -1.12. The molecule has 37 heavy (non-hydrogen) atoms. The third-order valence-corrected chi connectivity index (χ3v) is 7.12. The molecule has 2 aromatic carbocycles. The quantitative estimate of drug-likeness (QED) is 0.355. The molecule has 3 atom stereocenters. The fourth-order valence-electron chi connectivity index (χ4n) is 4.62. The van der Waals surface area contributed by atoms with Gasteiger partial charge >= 0.3 is 0 Å². The second-order valence-electron chi connectivity index (χ2n) is 9.25. The number of rotatable bonds is 9. The number of halogens is 2. The van der Waals surface area contributed by atoms with Crippen LogP contribution in [0.1, 0.15) is 31.7 Å². The Labute approximate surface area is 226 Å². The van der Waals surface area contributed by atoms with E-state index < -0.39 is 11.9 Å². The summed E-state index contributed by atoms with van der Waals surface area (Å²) in [4.78, 5) is 18.5. The molecular weight excluding hydrogens is 517 g/mol. The van der Waals surface area contributed by atoms with Gasteiger partial charge in [-0.1, -0.05) is 42.6 Å². The number of hydrogen-bond donors (Lipinski definition) is 0. The van der Waals surface area contributed by atoms with E-state index in [4.69, 9.17) is 42.1 Å². The summed E-state index contributed by atoms with van der Waals surface area (Å²) >= 11 is 12.7. The van der Waals surface area contributed by atoms with Gasteiger partial charge in [0, 0.05) is 36.1 Å². The molecule has 196 valence electrons. The summed E-state index contributed by atoms with van der Waals surface area (Å²) in [7, 11) is 1.76. The van der Waals surface area contributed by atoms with Gasteiger partial charge in [-0.15, -0.1) is 0 Å². The van der Waals surface area contributed by atoms with Crippen molar-refractivity contribution < 1.29 is 23.7 Å². The van der Waals surface area contributed by atoms with Gasteiger partial charge in [-0.05, 0) is 37.1 Å². The molecule has 1 saturated heterocycles. The predicted molar refractivity (Wildman–Crippen MR) is 140 cm³/mol. The van der Waals surface area contributed by atoms with Crippen LogP contribution in [0.15, 0.2) is 55.1 Å². The minimum absolute atomic E-state index is 0.0465. The Hall–Kier alpha value is -2.78. The number of aromatic nitrogens is 2. The average Bonchev–Trinajstić information content (AvgIpc) is 3.55. The number of carbonyl (C=O) groups is 1. The van der Waals surface area contributed by atoms with Crippen LogP contribution < -0.4 is 14.4 Å². The maximum atomic E-state index is 12.8. The van der Waals surface area contributed by atoms with Crippen molar-refractivity contribution in [3.63, 3.8) is 0 Å². The number of anilines is 1. The van der Waals surface area contributed by atoms with Gasteiger partial charge in [-0.25, -0.2) is 4.98 Å². The van der Waals surface area contributed by atoms with E-state index in [-0.39, 0.29) is 18.6 Å². The fraction of sp³-hybridized carbons (Fsp3) is 0.407. The van der Waals surface area contributed by atoms with Crippen molar-refractivity contribution in [3.8, 4) is 11.5 Å². The maximum Gasteiger partial charge on any atom is 0.267 e. The molecule has 1 unspecified atom stereocenters. The normalized spacial score (nSPS) is 23.1. The second kappa shape index (κ2) is 10.9. The third kappa shape index (κ3) is 5.43. The molecule has 8 nitrogen and oxygen atoms in total. The van der Waals surface area contributed by atoms with Crippen LogP contribution in [0.4, 0.5) is 5.69 Å². The molecule has 0 aliphatic carbocycles. The van der Waals surface area contributed by atoms with E-state index in [1.165, 1.54) is 0 Å². The first-order valence-electron chi connectivity index (χ1n) is 12.3. The van der Waals surface area contributed by atoms with Crippen molar-refractivity contribution in [2.24, 2.45) is 0 Å². The van der Waals surface area contributed by atoms with Crippen molar-refractivity contribution in [1.29, 1.82) is 0 Å². The SMILES string of the molecule is CCCCC1Oc2ccc(OC[C@H]3CO[C@](Cn4ccnc4)(c4ccc(Cl)cc4Cl)O3)cc2N(C)C1=O. The van der Waals surface area contributed by atoms with Crippen LogP contribution in [0.5, 0.6) is 11.5 Å². The van der Waals surface area contributed by atoms with E-state index in [2.05, 4.69) is 11.9 Å². The number of nitrogens with zero attached hydrogens (tertiary/aromatic N) is 3. The number of amides is 1. The molecule has 5 rings (SSSR count). The van der Waals surface area contributed by atoms with E-state index in [0.29, 0.717) is 52.4 Å². The zero-order valence-electron chi connectivity index (χ0n) is 20.7. The maximum absolute atomic E-state index is 12.8. The lowest BCUT2D eigenvalue weighted by molar-refractivity contribution is -0.189. The number of benzene rings is 2. The van der Waals surface area contributed by atoms with Gasteiger partial charge < -0.3 is 28.4 Å². The second-order valence-corrected chi connectivity index (χ2v) is 10.1. The summed E-state index contributed by atoms with van der Waals surface area (Å²) in [5.74, 6) is 0.108. The molecule has 1 aromatic heterocycles. The van der Waals surface area contributed by atoms with Crippen LogP contribution in [0.3, 0.4) is 0 Å². The van der Waals surface area contributed by atoms with E-state index in [1.807, 2.05) is 35.0 Å². The first kappa shape index (κ1) is 25.9. The molecule has 0 radical (unpaired) electrons. The highest BCUT2D eigenvalue weighted by Crippen LogP contribution is 2.41. The lowest BCUT2D eigenvalue weighted by atomic mass is 10.1. The molecular formula is C27H29Cl2N3O5. The van der Waals surface area contributed by atoms with E-state index in [1.54, 1.807) is 36.6 Å². The summed E-state index contributed by atoms with van der Waals surface area (Å²) in [6.07, 6.45) is 7.07. The minimum Gasteiger partial charge on any atom is -0.491 e. The number of carbonyl (C=O) groups excluding carboxylic acids is 1. The number of ether oxygens (including phenoxy) is 4. The fourth-order valence-corrected chi connectivity index (χ4v) is 5.18. The molecule has 3 heterocycles. The zero-order chi connectivity index (χ0) is 26.0. The van der Waals surface area contributed by atoms with Crippen LogP contribution in [-0.2, 0) is 26.6 Å². The molecule has 0 spiro atoms. The molecule has 3 aromatic rings. The Bertz CT molecular complexity index is 1250. The largest absolute Gasteiger partial charge is 0.491 e. The molecule has 10 heteroatoms. The molecule has 1 amide bonds. The van der Waals surface area contributed by atoms with Gasteiger partial charge in [0.2, 0.25) is 5.79 Å². The van der Waals surface area contributed by atoms with E-state index >= 15 is 0 Å². The van der Waals surface area contributed by atoms with Crippen molar-refractivity contribution in [2.75, 3.05) is 25.2 Å². The van der Waals surface area contributed by atoms with Gasteiger partial charge in [0.05, 0.1) is 30.2 Å². The molecule has 2 aliphatic heterocycles. The highest BCUT2D eigenvalue weighted by molar-refractivity contribution is 6.35. The lowest BCUT2D eigenvalue weighted by Crippen LogP contribution is -2.43. The lowest BCUT2D eigenvalue weighted by Gasteiger charge is -2.32. The Morgan fingerprint density at radius 3 is 2.84 bits per heavy atom. The average molecular weight is 546 g/mol. The molecule has 0 bridgehead atoms. The van der Waals surface area contributed by atoms with Crippen molar-refractivity contribution in [3.05, 3.63) is 70.7 Å². The van der Waals surface area contributed by atoms with Crippen LogP contribution in [0, 0.1) is 0 Å². The summed E-state index contributed by atoms with van der Waals surface area (Å²) in [6, 6.07) is 10.7. The zero-order valence-corrected chi connectivity index (χ0v) is 22.2. The number of likely N-dealkylation sites (N-methyl/N-ethyl adjacent to an activating group) is 1. The smallest absolute Gasteiger partial charge is 0.267 e. The topological polar surface area (TPSA) is 75.1 Å². The van der Waals surface area contributed by atoms with Crippen LogP contribution in [0.25, 0.3) is 0 Å². The van der Waals surface area contributed by atoms with Gasteiger partial charge in [-0.2, -0.15) is 0 Å². The monoisotopic (exact) mass is 545 g/mol. The predicted octanol–water partition coefficient (Wildman–Crippen LogP) is 5.45. The highest BCUT2D eigenvalue weighted by Gasteiger charge is 2.45. The summed E-state index contributed by atoms with van der Waals surface area (Å²) in [5.41, 5.74) is 1.36. The first-order chi connectivity index (χ1) is 17.9. The van der Waals surface area contributed by atoms with Crippen LogP contribution in [-0.4, -0.2) is 47.9 Å². The van der Waals surface area contributed by atoms with Gasteiger partial charge in [0.1, 0.15) is 24.2 Å². The summed E-state index contributed by atoms with van der Waals surface area (Å²) in [6.45, 7) is 3.00. The number of unbranched alkanes of at least 4 members (excludes halogenated alkanes) is 1. The standard InChI is InChI=1S/C27H29Cl2N3O5/c1-3-4-5-25-26(33)31(2)23-13-19(7-9-24(23)36-25)34-14-20-15-35-27(37-20,16-32-11-10-30-17-32)21-8-6-18(28)12-22(21)29/h6-13,17,20,25H,3-5,14-16H2,1-2H3/t20-,25?,27-/m0/s1. The molecule has 1 fully saturated rings. The van der Waals surface area contributed by atoms with E-state index in [9.17, 15) is 4.79 Å². The van der Waals surface area contributed by atoms with Crippen molar-refractivity contribution in [2.45, 2.75) is 50.7 Å².